The topological polar surface area (TPSA) is 34.9 Å². The third-order valence-corrected chi connectivity index (χ3v) is 3.03. The number of aromatic nitrogens is 2. The van der Waals surface area contributed by atoms with Crippen molar-refractivity contribution in [3.8, 4) is 5.69 Å². The van der Waals surface area contributed by atoms with Crippen molar-refractivity contribution in [3.63, 3.8) is 0 Å². The van der Waals surface area contributed by atoms with Crippen LogP contribution in [0.1, 0.15) is 15.9 Å². The highest BCUT2D eigenvalue weighted by Gasteiger charge is 2.01. The summed E-state index contributed by atoms with van der Waals surface area (Å²) in [6.07, 6.45) is 4.04. The van der Waals surface area contributed by atoms with Gasteiger partial charge in [-0.2, -0.15) is 5.10 Å². The van der Waals surface area contributed by atoms with E-state index in [1.54, 1.807) is 17.1 Å². The van der Waals surface area contributed by atoms with Gasteiger partial charge in [-0.05, 0) is 30.7 Å². The van der Waals surface area contributed by atoms with E-state index in [1.165, 1.54) is 0 Å². The second-order valence-electron chi connectivity index (χ2n) is 3.27. The first-order valence-corrected chi connectivity index (χ1v) is 5.26. The molecular weight excluding hydrogens is 256 g/mol. The van der Waals surface area contributed by atoms with Gasteiger partial charge in [-0.25, -0.2) is 4.68 Å². The van der Waals surface area contributed by atoms with E-state index in [0.717, 1.165) is 22.0 Å². The number of hydrogen-bond acceptors (Lipinski definition) is 2. The third kappa shape index (κ3) is 1.99. The fourth-order valence-corrected chi connectivity index (χ4v) is 1.56. The summed E-state index contributed by atoms with van der Waals surface area (Å²) in [5, 5.41) is 4.10. The Morgan fingerprint density at radius 2 is 2.27 bits per heavy atom. The summed E-state index contributed by atoms with van der Waals surface area (Å²) in [5.74, 6) is 0. The summed E-state index contributed by atoms with van der Waals surface area (Å²) in [6, 6.07) is 5.91. The maximum Gasteiger partial charge on any atom is 0.153 e. The number of rotatable bonds is 2. The van der Waals surface area contributed by atoms with Crippen molar-refractivity contribution in [2.75, 3.05) is 0 Å². The standard InChI is InChI=1S/C11H9BrN2O/c1-8-4-10(2-3-11(8)12)14-6-9(7-15)5-13-14/h2-7H,1H3. The molecular formula is C11H9BrN2O. The lowest BCUT2D eigenvalue weighted by Gasteiger charge is -2.03. The maximum atomic E-state index is 10.5. The van der Waals surface area contributed by atoms with Crippen LogP contribution in [0.5, 0.6) is 0 Å². The third-order valence-electron chi connectivity index (χ3n) is 2.14. The van der Waals surface area contributed by atoms with Gasteiger partial charge in [0.25, 0.3) is 0 Å². The molecule has 2 rings (SSSR count). The Morgan fingerprint density at radius 3 is 2.87 bits per heavy atom. The average molecular weight is 265 g/mol. The van der Waals surface area contributed by atoms with Crippen molar-refractivity contribution in [2.45, 2.75) is 6.92 Å². The van der Waals surface area contributed by atoms with Gasteiger partial charge >= 0.3 is 0 Å². The van der Waals surface area contributed by atoms with Crippen LogP contribution in [0.15, 0.2) is 35.1 Å². The molecule has 15 heavy (non-hydrogen) atoms. The second-order valence-corrected chi connectivity index (χ2v) is 4.12. The van der Waals surface area contributed by atoms with E-state index >= 15 is 0 Å². The number of carbonyl (C=O) groups is 1. The van der Waals surface area contributed by atoms with E-state index in [9.17, 15) is 4.79 Å². The molecule has 0 unspecified atom stereocenters. The molecule has 76 valence electrons. The molecule has 1 heterocycles. The quantitative estimate of drug-likeness (QED) is 0.782. The first-order chi connectivity index (χ1) is 7.20. The van der Waals surface area contributed by atoms with Crippen molar-refractivity contribution < 1.29 is 4.79 Å². The first kappa shape index (κ1) is 10.1. The van der Waals surface area contributed by atoms with Gasteiger partial charge in [0.1, 0.15) is 0 Å². The Morgan fingerprint density at radius 1 is 1.47 bits per heavy atom. The van der Waals surface area contributed by atoms with Crippen molar-refractivity contribution >= 4 is 22.2 Å². The molecule has 0 aliphatic rings. The molecule has 0 fully saturated rings. The molecule has 1 aromatic carbocycles. The highest BCUT2D eigenvalue weighted by atomic mass is 79.9. The van der Waals surface area contributed by atoms with Crippen LogP contribution in [0, 0.1) is 6.92 Å². The number of hydrogen-bond donors (Lipinski definition) is 0. The predicted octanol–water partition coefficient (Wildman–Crippen LogP) is 2.76. The van der Waals surface area contributed by atoms with Crippen LogP contribution in [0.3, 0.4) is 0 Å². The van der Waals surface area contributed by atoms with Crippen LogP contribution in [-0.2, 0) is 0 Å². The summed E-state index contributed by atoms with van der Waals surface area (Å²) >= 11 is 3.43. The molecule has 0 amide bonds. The molecule has 4 heteroatoms. The minimum atomic E-state index is 0.579. The number of benzene rings is 1. The molecule has 0 atom stereocenters. The lowest BCUT2D eigenvalue weighted by Crippen LogP contribution is -1.94. The molecule has 0 bridgehead atoms. The number of nitrogens with zero attached hydrogens (tertiary/aromatic N) is 2. The SMILES string of the molecule is Cc1cc(-n2cc(C=O)cn2)ccc1Br. The summed E-state index contributed by atoms with van der Waals surface area (Å²) in [4.78, 5) is 10.5. The molecule has 0 spiro atoms. The molecule has 2 aromatic rings. The Labute approximate surface area is 95.9 Å². The lowest BCUT2D eigenvalue weighted by molar-refractivity contribution is 0.112. The number of aryl methyl sites for hydroxylation is 1. The van der Waals surface area contributed by atoms with Gasteiger partial charge in [-0.1, -0.05) is 15.9 Å². The van der Waals surface area contributed by atoms with E-state index in [1.807, 2.05) is 25.1 Å². The second kappa shape index (κ2) is 3.98. The number of halogens is 1. The molecule has 0 aliphatic carbocycles. The maximum absolute atomic E-state index is 10.5. The zero-order chi connectivity index (χ0) is 10.8. The molecule has 0 aliphatic heterocycles. The minimum absolute atomic E-state index is 0.579. The van der Waals surface area contributed by atoms with Crippen LogP contribution in [0.25, 0.3) is 5.69 Å². The largest absolute Gasteiger partial charge is 0.298 e. The fraction of sp³-hybridized carbons (Fsp3) is 0.0909. The normalized spacial score (nSPS) is 10.3. The lowest BCUT2D eigenvalue weighted by atomic mass is 10.2. The van der Waals surface area contributed by atoms with Crippen LogP contribution in [-0.4, -0.2) is 16.1 Å². The van der Waals surface area contributed by atoms with Crippen molar-refractivity contribution in [1.82, 2.24) is 9.78 Å². The van der Waals surface area contributed by atoms with Crippen LogP contribution in [0.2, 0.25) is 0 Å². The van der Waals surface area contributed by atoms with E-state index in [0.29, 0.717) is 5.56 Å². The molecule has 0 N–H and O–H groups in total. The summed E-state index contributed by atoms with van der Waals surface area (Å²) in [6.45, 7) is 2.01. The van der Waals surface area contributed by atoms with Gasteiger partial charge in [-0.15, -0.1) is 0 Å². The highest BCUT2D eigenvalue weighted by Crippen LogP contribution is 2.19. The van der Waals surface area contributed by atoms with Crippen molar-refractivity contribution in [3.05, 3.63) is 46.2 Å². The Hall–Kier alpha value is -1.42. The van der Waals surface area contributed by atoms with E-state index in [-0.39, 0.29) is 0 Å². The summed E-state index contributed by atoms with van der Waals surface area (Å²) < 4.78 is 2.75. The fourth-order valence-electron chi connectivity index (χ4n) is 1.31. The average Bonchev–Trinajstić information content (AvgIpc) is 2.70. The predicted molar refractivity (Wildman–Crippen MR) is 61.4 cm³/mol. The van der Waals surface area contributed by atoms with Gasteiger partial charge in [0.2, 0.25) is 0 Å². The Balaban J connectivity index is 2.44. The van der Waals surface area contributed by atoms with Gasteiger partial charge < -0.3 is 0 Å². The van der Waals surface area contributed by atoms with Crippen molar-refractivity contribution in [2.24, 2.45) is 0 Å². The Bertz CT molecular complexity index is 505. The van der Waals surface area contributed by atoms with E-state index < -0.39 is 0 Å². The summed E-state index contributed by atoms with van der Waals surface area (Å²) in [7, 11) is 0. The molecule has 1 aromatic heterocycles. The van der Waals surface area contributed by atoms with Gasteiger partial charge in [0.05, 0.1) is 17.4 Å². The van der Waals surface area contributed by atoms with Gasteiger partial charge in [0.15, 0.2) is 6.29 Å². The molecule has 0 radical (unpaired) electrons. The van der Waals surface area contributed by atoms with E-state index in [4.69, 9.17) is 0 Å². The highest BCUT2D eigenvalue weighted by molar-refractivity contribution is 9.10. The molecule has 0 saturated carbocycles. The minimum Gasteiger partial charge on any atom is -0.298 e. The van der Waals surface area contributed by atoms with Crippen LogP contribution in [0.4, 0.5) is 0 Å². The van der Waals surface area contributed by atoms with Crippen molar-refractivity contribution in [1.29, 1.82) is 0 Å². The number of aldehydes is 1. The molecule has 3 nitrogen and oxygen atoms in total. The number of carbonyl (C=O) groups excluding carboxylic acids is 1. The monoisotopic (exact) mass is 264 g/mol. The van der Waals surface area contributed by atoms with Gasteiger partial charge in [-0.3, -0.25) is 4.79 Å². The molecule has 0 saturated heterocycles. The Kier molecular flexibility index (Phi) is 2.68. The zero-order valence-electron chi connectivity index (χ0n) is 8.14. The van der Waals surface area contributed by atoms with Crippen LogP contribution >= 0.6 is 15.9 Å². The smallest absolute Gasteiger partial charge is 0.153 e. The van der Waals surface area contributed by atoms with Gasteiger partial charge in [0, 0.05) is 10.7 Å². The first-order valence-electron chi connectivity index (χ1n) is 4.47. The zero-order valence-corrected chi connectivity index (χ0v) is 9.73. The summed E-state index contributed by atoms with van der Waals surface area (Å²) in [5.41, 5.74) is 2.66. The van der Waals surface area contributed by atoms with Crippen LogP contribution < -0.4 is 0 Å². The van der Waals surface area contributed by atoms with E-state index in [2.05, 4.69) is 21.0 Å².